The van der Waals surface area contributed by atoms with Gasteiger partial charge in [0.05, 0.1) is 0 Å². The van der Waals surface area contributed by atoms with Crippen molar-refractivity contribution in [2.75, 3.05) is 0 Å². The number of hydrogen-bond donors (Lipinski definition) is 0. The number of aryl methyl sites for hydroxylation is 1. The van der Waals surface area contributed by atoms with Crippen molar-refractivity contribution in [3.8, 4) is 0 Å². The lowest BCUT2D eigenvalue weighted by Crippen LogP contribution is -2.02. The van der Waals surface area contributed by atoms with E-state index in [0.29, 0.717) is 0 Å². The molecule has 0 heterocycles. The van der Waals surface area contributed by atoms with Crippen molar-refractivity contribution in [1.82, 2.24) is 0 Å². The van der Waals surface area contributed by atoms with Crippen LogP contribution in [-0.2, 0) is 6.42 Å². The number of rotatable bonds is 4. The van der Waals surface area contributed by atoms with E-state index in [9.17, 15) is 0 Å². The summed E-state index contributed by atoms with van der Waals surface area (Å²) in [6, 6.07) is 8.72. The fourth-order valence-electron chi connectivity index (χ4n) is 1.73. The Bertz CT molecular complexity index is 246. The molecule has 72 valence electrons. The third-order valence-electron chi connectivity index (χ3n) is 2.92. The van der Waals surface area contributed by atoms with Crippen LogP contribution in [0.3, 0.4) is 0 Å². The lowest BCUT2D eigenvalue weighted by Gasteiger charge is -2.13. The molecule has 0 aliphatic heterocycles. The van der Waals surface area contributed by atoms with Crippen LogP contribution in [0.15, 0.2) is 24.3 Å². The first-order chi connectivity index (χ1) is 6.27. The Kier molecular flexibility index (Phi) is 4.01. The van der Waals surface area contributed by atoms with Crippen molar-refractivity contribution >= 4 is 0 Å². The molecule has 1 aromatic carbocycles. The maximum absolute atomic E-state index is 2.28. The van der Waals surface area contributed by atoms with Gasteiger partial charge in [0.2, 0.25) is 0 Å². The standard InChI is InChI=1S/C13H20/c1-4-12(5-2)10-13-9-7-6-8-11(13)3/h6-9,12H,4-5,10H2,1-3H3. The van der Waals surface area contributed by atoms with Crippen molar-refractivity contribution < 1.29 is 0 Å². The zero-order chi connectivity index (χ0) is 9.68. The summed E-state index contributed by atoms with van der Waals surface area (Å²) < 4.78 is 0. The van der Waals surface area contributed by atoms with E-state index < -0.39 is 0 Å². The van der Waals surface area contributed by atoms with Gasteiger partial charge in [0.15, 0.2) is 0 Å². The van der Waals surface area contributed by atoms with Gasteiger partial charge >= 0.3 is 0 Å². The molecular formula is C13H20. The van der Waals surface area contributed by atoms with Gasteiger partial charge in [-0.2, -0.15) is 0 Å². The van der Waals surface area contributed by atoms with Gasteiger partial charge < -0.3 is 0 Å². The molecule has 0 amide bonds. The first-order valence-electron chi connectivity index (χ1n) is 5.32. The second-order valence-electron chi connectivity index (χ2n) is 3.81. The minimum atomic E-state index is 0.862. The molecule has 0 radical (unpaired) electrons. The molecule has 0 aliphatic rings. The Morgan fingerprint density at radius 1 is 1.08 bits per heavy atom. The van der Waals surface area contributed by atoms with Crippen molar-refractivity contribution in [2.45, 2.75) is 40.0 Å². The van der Waals surface area contributed by atoms with Crippen molar-refractivity contribution in [2.24, 2.45) is 5.92 Å². The summed E-state index contributed by atoms with van der Waals surface area (Å²) in [5.41, 5.74) is 2.96. The summed E-state index contributed by atoms with van der Waals surface area (Å²) in [7, 11) is 0. The summed E-state index contributed by atoms with van der Waals surface area (Å²) in [4.78, 5) is 0. The van der Waals surface area contributed by atoms with Crippen molar-refractivity contribution in [3.05, 3.63) is 35.4 Å². The largest absolute Gasteiger partial charge is 0.0651 e. The zero-order valence-corrected chi connectivity index (χ0v) is 9.01. The minimum absolute atomic E-state index is 0.862. The van der Waals surface area contributed by atoms with Gasteiger partial charge in [-0.05, 0) is 30.4 Å². The van der Waals surface area contributed by atoms with Crippen molar-refractivity contribution in [1.29, 1.82) is 0 Å². The Morgan fingerprint density at radius 3 is 2.23 bits per heavy atom. The molecule has 0 atom stereocenters. The number of benzene rings is 1. The van der Waals surface area contributed by atoms with Crippen molar-refractivity contribution in [3.63, 3.8) is 0 Å². The smallest absolute Gasteiger partial charge is 0.0248 e. The third-order valence-corrected chi connectivity index (χ3v) is 2.92. The average molecular weight is 176 g/mol. The average Bonchev–Trinajstić information content (AvgIpc) is 2.17. The van der Waals surface area contributed by atoms with Crippen LogP contribution in [0.4, 0.5) is 0 Å². The molecule has 0 N–H and O–H groups in total. The van der Waals surface area contributed by atoms with Crippen LogP contribution in [0.25, 0.3) is 0 Å². The molecule has 1 rings (SSSR count). The SMILES string of the molecule is CCC(CC)Cc1ccccc1C. The summed E-state index contributed by atoms with van der Waals surface area (Å²) in [6.45, 7) is 6.77. The molecule has 0 nitrogen and oxygen atoms in total. The van der Waals surface area contributed by atoms with Crippen LogP contribution < -0.4 is 0 Å². The molecule has 0 saturated heterocycles. The Labute approximate surface area is 82.0 Å². The van der Waals surface area contributed by atoms with Crippen LogP contribution in [0.5, 0.6) is 0 Å². The lowest BCUT2D eigenvalue weighted by molar-refractivity contribution is 0.489. The minimum Gasteiger partial charge on any atom is -0.0651 e. The molecule has 0 bridgehead atoms. The van der Waals surface area contributed by atoms with E-state index in [4.69, 9.17) is 0 Å². The van der Waals surface area contributed by atoms with Crippen LogP contribution in [0.1, 0.15) is 37.8 Å². The predicted molar refractivity (Wildman–Crippen MR) is 59.0 cm³/mol. The predicted octanol–water partition coefficient (Wildman–Crippen LogP) is 3.97. The summed E-state index contributed by atoms with van der Waals surface area (Å²) >= 11 is 0. The zero-order valence-electron chi connectivity index (χ0n) is 9.01. The molecule has 0 saturated carbocycles. The summed E-state index contributed by atoms with van der Waals surface area (Å²) in [6.07, 6.45) is 3.84. The maximum Gasteiger partial charge on any atom is -0.0248 e. The topological polar surface area (TPSA) is 0 Å². The molecular weight excluding hydrogens is 156 g/mol. The Morgan fingerprint density at radius 2 is 1.69 bits per heavy atom. The van der Waals surface area contributed by atoms with Crippen LogP contribution in [0.2, 0.25) is 0 Å². The highest BCUT2D eigenvalue weighted by Gasteiger charge is 2.05. The second-order valence-corrected chi connectivity index (χ2v) is 3.81. The highest BCUT2D eigenvalue weighted by molar-refractivity contribution is 5.25. The summed E-state index contributed by atoms with van der Waals surface area (Å²) in [5.74, 6) is 0.862. The first-order valence-corrected chi connectivity index (χ1v) is 5.32. The van der Waals surface area contributed by atoms with Crippen LogP contribution >= 0.6 is 0 Å². The molecule has 0 fully saturated rings. The molecule has 0 heteroatoms. The molecule has 0 spiro atoms. The van der Waals surface area contributed by atoms with E-state index in [-0.39, 0.29) is 0 Å². The van der Waals surface area contributed by atoms with Crippen LogP contribution in [-0.4, -0.2) is 0 Å². The normalized spacial score (nSPS) is 10.8. The second kappa shape index (κ2) is 5.06. The van der Waals surface area contributed by atoms with Gasteiger partial charge in [0.25, 0.3) is 0 Å². The molecule has 13 heavy (non-hydrogen) atoms. The van der Waals surface area contributed by atoms with E-state index in [1.165, 1.54) is 30.4 Å². The van der Waals surface area contributed by atoms with Gasteiger partial charge in [0, 0.05) is 0 Å². The highest BCUT2D eigenvalue weighted by Crippen LogP contribution is 2.17. The van der Waals surface area contributed by atoms with E-state index in [1.54, 1.807) is 0 Å². The molecule has 0 unspecified atom stereocenters. The van der Waals surface area contributed by atoms with E-state index in [1.807, 2.05) is 0 Å². The maximum atomic E-state index is 2.28. The lowest BCUT2D eigenvalue weighted by atomic mass is 9.92. The Balaban J connectivity index is 2.67. The number of hydrogen-bond acceptors (Lipinski definition) is 0. The van der Waals surface area contributed by atoms with Gasteiger partial charge in [-0.3, -0.25) is 0 Å². The van der Waals surface area contributed by atoms with E-state index in [0.717, 1.165) is 5.92 Å². The van der Waals surface area contributed by atoms with Gasteiger partial charge in [-0.1, -0.05) is 51.0 Å². The monoisotopic (exact) mass is 176 g/mol. The fraction of sp³-hybridized carbons (Fsp3) is 0.538. The van der Waals surface area contributed by atoms with Crippen LogP contribution in [0, 0.1) is 12.8 Å². The first kappa shape index (κ1) is 10.3. The third kappa shape index (κ3) is 2.87. The van der Waals surface area contributed by atoms with E-state index in [2.05, 4.69) is 45.0 Å². The molecule has 0 aromatic heterocycles. The van der Waals surface area contributed by atoms with Gasteiger partial charge in [-0.25, -0.2) is 0 Å². The summed E-state index contributed by atoms with van der Waals surface area (Å²) in [5, 5.41) is 0. The van der Waals surface area contributed by atoms with Gasteiger partial charge in [-0.15, -0.1) is 0 Å². The van der Waals surface area contributed by atoms with E-state index >= 15 is 0 Å². The van der Waals surface area contributed by atoms with Gasteiger partial charge in [0.1, 0.15) is 0 Å². The Hall–Kier alpha value is -0.780. The quantitative estimate of drug-likeness (QED) is 0.651. The molecule has 0 aliphatic carbocycles. The fourth-order valence-corrected chi connectivity index (χ4v) is 1.73. The highest BCUT2D eigenvalue weighted by atomic mass is 14.1. The molecule has 1 aromatic rings.